The fraction of sp³-hybridized carbons (Fsp3) is 0.0769. The van der Waals surface area contributed by atoms with Crippen LogP contribution in [0.25, 0.3) is 28.1 Å². The van der Waals surface area contributed by atoms with Gasteiger partial charge in [0.2, 0.25) is 0 Å². The maximum absolute atomic E-state index is 13.0. The predicted octanol–water partition coefficient (Wildman–Crippen LogP) is 5.83. The van der Waals surface area contributed by atoms with E-state index in [0.717, 1.165) is 32.8 Å². The van der Waals surface area contributed by atoms with Gasteiger partial charge in [-0.1, -0.05) is 72.8 Å². The van der Waals surface area contributed by atoms with Crippen molar-refractivity contribution < 1.29 is 0 Å². The highest BCUT2D eigenvalue weighted by atomic mass is 32.2. The number of benzene rings is 3. The monoisotopic (exact) mass is 408 g/mol. The van der Waals surface area contributed by atoms with E-state index in [-0.39, 0.29) is 5.56 Å². The molecule has 0 N–H and O–H groups in total. The molecule has 3 nitrogen and oxygen atoms in total. The molecular formula is C26H20N2OS. The van der Waals surface area contributed by atoms with E-state index in [9.17, 15) is 4.79 Å². The molecule has 0 saturated carbocycles. The van der Waals surface area contributed by atoms with E-state index in [1.54, 1.807) is 17.8 Å². The van der Waals surface area contributed by atoms with Crippen molar-refractivity contribution >= 4 is 35.0 Å². The highest BCUT2D eigenvalue weighted by molar-refractivity contribution is 8.04. The second kappa shape index (κ2) is 8.17. The zero-order chi connectivity index (χ0) is 20.3. The van der Waals surface area contributed by atoms with Crippen LogP contribution in [-0.2, 0) is 6.54 Å². The number of nitrogens with zero attached hydrogens (tertiary/aromatic N) is 2. The molecule has 5 rings (SSSR count). The first-order chi connectivity index (χ1) is 14.8. The van der Waals surface area contributed by atoms with Crippen LogP contribution in [0.4, 0.5) is 0 Å². The molecule has 0 spiro atoms. The average molecular weight is 409 g/mol. The Kier molecular flexibility index (Phi) is 5.08. The van der Waals surface area contributed by atoms with Crippen molar-refractivity contribution in [2.24, 2.45) is 4.99 Å². The topological polar surface area (TPSA) is 34.4 Å². The van der Waals surface area contributed by atoms with E-state index in [0.29, 0.717) is 6.54 Å². The Bertz CT molecular complexity index is 1320. The second-order valence-electron chi connectivity index (χ2n) is 7.24. The van der Waals surface area contributed by atoms with Crippen LogP contribution in [0.5, 0.6) is 0 Å². The van der Waals surface area contributed by atoms with Gasteiger partial charge in [-0.2, -0.15) is 0 Å². The summed E-state index contributed by atoms with van der Waals surface area (Å²) in [5.74, 6) is 0.750. The molecule has 1 aliphatic heterocycles. The molecule has 0 aliphatic carbocycles. The summed E-state index contributed by atoms with van der Waals surface area (Å²) in [5.41, 5.74) is 5.37. The number of para-hydroxylation sites is 1. The van der Waals surface area contributed by atoms with Gasteiger partial charge in [0, 0.05) is 22.6 Å². The Balaban J connectivity index is 1.52. The molecule has 0 bridgehead atoms. The van der Waals surface area contributed by atoms with Crippen molar-refractivity contribution in [2.75, 3.05) is 5.88 Å². The number of pyridine rings is 1. The molecule has 0 atom stereocenters. The van der Waals surface area contributed by atoms with Gasteiger partial charge >= 0.3 is 0 Å². The quantitative estimate of drug-likeness (QED) is 0.426. The highest BCUT2D eigenvalue weighted by Gasteiger charge is 2.10. The molecular weight excluding hydrogens is 388 g/mol. The lowest BCUT2D eigenvalue weighted by atomic mass is 10.0. The lowest BCUT2D eigenvalue weighted by Crippen LogP contribution is -2.21. The lowest BCUT2D eigenvalue weighted by molar-refractivity contribution is 0.794. The first-order valence-electron chi connectivity index (χ1n) is 9.89. The first-order valence-corrected chi connectivity index (χ1v) is 10.9. The Labute approximate surface area is 179 Å². The summed E-state index contributed by atoms with van der Waals surface area (Å²) < 4.78 is 1.85. The molecule has 4 aromatic rings. The minimum atomic E-state index is 0.00706. The highest BCUT2D eigenvalue weighted by Crippen LogP contribution is 2.26. The summed E-state index contributed by atoms with van der Waals surface area (Å²) in [7, 11) is 0. The van der Waals surface area contributed by atoms with E-state index >= 15 is 0 Å². The molecule has 0 unspecified atom stereocenters. The zero-order valence-corrected chi connectivity index (χ0v) is 17.2. The summed E-state index contributed by atoms with van der Waals surface area (Å²) in [4.78, 5) is 18.4. The van der Waals surface area contributed by atoms with Gasteiger partial charge in [0.15, 0.2) is 0 Å². The molecule has 1 aromatic heterocycles. The van der Waals surface area contributed by atoms with E-state index in [1.807, 2.05) is 47.2 Å². The van der Waals surface area contributed by atoms with Crippen LogP contribution in [0.2, 0.25) is 0 Å². The number of fused-ring (bicyclic) bond motifs is 1. The smallest absolute Gasteiger partial charge is 0.251 e. The maximum atomic E-state index is 13.0. The lowest BCUT2D eigenvalue weighted by Gasteiger charge is -2.13. The number of allylic oxidation sites excluding steroid dienone is 1. The average Bonchev–Trinajstić information content (AvgIpc) is 3.31. The number of hydrogen-bond donors (Lipinski definition) is 0. The van der Waals surface area contributed by atoms with Gasteiger partial charge in [-0.3, -0.25) is 9.79 Å². The summed E-state index contributed by atoms with van der Waals surface area (Å²) >= 11 is 1.69. The predicted molar refractivity (Wildman–Crippen MR) is 128 cm³/mol. The zero-order valence-electron chi connectivity index (χ0n) is 16.4. The van der Waals surface area contributed by atoms with E-state index in [2.05, 4.69) is 53.5 Å². The summed E-state index contributed by atoms with van der Waals surface area (Å²) in [6.07, 6.45) is 3.93. The van der Waals surface area contributed by atoms with Gasteiger partial charge in [-0.05, 0) is 34.4 Å². The van der Waals surface area contributed by atoms with Crippen LogP contribution in [0.3, 0.4) is 0 Å². The van der Waals surface area contributed by atoms with Crippen molar-refractivity contribution in [1.82, 2.24) is 4.57 Å². The molecule has 4 heteroatoms. The van der Waals surface area contributed by atoms with Crippen molar-refractivity contribution in [1.29, 1.82) is 0 Å². The third-order valence-corrected chi connectivity index (χ3v) is 6.11. The number of thioether (sulfide) groups is 1. The van der Waals surface area contributed by atoms with Crippen LogP contribution >= 0.6 is 11.8 Å². The summed E-state index contributed by atoms with van der Waals surface area (Å²) in [6, 6.07) is 28.6. The van der Waals surface area contributed by atoms with Crippen molar-refractivity contribution in [3.8, 4) is 11.1 Å². The molecule has 30 heavy (non-hydrogen) atoms. The molecule has 3 aromatic carbocycles. The number of aromatic nitrogens is 1. The van der Waals surface area contributed by atoms with Gasteiger partial charge in [-0.25, -0.2) is 0 Å². The summed E-state index contributed by atoms with van der Waals surface area (Å²) in [6.45, 7) is 0.543. The third-order valence-electron chi connectivity index (χ3n) is 5.27. The van der Waals surface area contributed by atoms with Crippen LogP contribution < -0.4 is 5.56 Å². The van der Waals surface area contributed by atoms with Crippen LogP contribution in [0, 0.1) is 0 Å². The van der Waals surface area contributed by atoms with E-state index in [4.69, 9.17) is 0 Å². The van der Waals surface area contributed by atoms with Gasteiger partial charge in [0.1, 0.15) is 0 Å². The molecule has 146 valence electrons. The largest absolute Gasteiger partial charge is 0.304 e. The van der Waals surface area contributed by atoms with Gasteiger partial charge < -0.3 is 4.57 Å². The number of rotatable bonds is 4. The molecule has 2 heterocycles. The maximum Gasteiger partial charge on any atom is 0.251 e. The molecule has 0 fully saturated rings. The van der Waals surface area contributed by atoms with Gasteiger partial charge in [0.05, 0.1) is 17.9 Å². The fourth-order valence-corrected chi connectivity index (χ4v) is 4.42. The number of hydrogen-bond acceptors (Lipinski definition) is 3. The second-order valence-corrected chi connectivity index (χ2v) is 8.25. The first kappa shape index (κ1) is 18.6. The number of aliphatic imine (C=N–C) groups is 1. The van der Waals surface area contributed by atoms with E-state index in [1.165, 1.54) is 11.1 Å². The van der Waals surface area contributed by atoms with Crippen molar-refractivity contribution in [3.63, 3.8) is 0 Å². The van der Waals surface area contributed by atoms with Gasteiger partial charge in [0.25, 0.3) is 5.56 Å². The third kappa shape index (κ3) is 3.74. The van der Waals surface area contributed by atoms with Crippen molar-refractivity contribution in [2.45, 2.75) is 6.54 Å². The molecule has 0 amide bonds. The molecule has 0 saturated heterocycles. The molecule has 1 aliphatic rings. The Morgan fingerprint density at radius 2 is 1.63 bits per heavy atom. The Hall–Kier alpha value is -3.37. The van der Waals surface area contributed by atoms with Crippen molar-refractivity contribution in [3.05, 3.63) is 111 Å². The Morgan fingerprint density at radius 1 is 0.900 bits per heavy atom. The van der Waals surface area contributed by atoms with Crippen LogP contribution in [-0.4, -0.2) is 16.7 Å². The van der Waals surface area contributed by atoms with Crippen LogP contribution in [0.15, 0.2) is 99.6 Å². The minimum Gasteiger partial charge on any atom is -0.304 e. The standard InChI is InChI=1S/C26H20N2OS/c29-26-15-22(14-23-16-27-18-30-23)24-8-4-5-9-25(24)28(26)17-19-10-12-21(13-11-19)20-6-2-1-3-7-20/h1-16H,17-18H2. The van der Waals surface area contributed by atoms with Gasteiger partial charge in [-0.15, -0.1) is 11.8 Å². The normalized spacial score (nSPS) is 14.6. The minimum absolute atomic E-state index is 0.00706. The van der Waals surface area contributed by atoms with Crippen LogP contribution in [0.1, 0.15) is 11.1 Å². The molecule has 0 radical (unpaired) electrons. The Morgan fingerprint density at radius 3 is 2.40 bits per heavy atom. The summed E-state index contributed by atoms with van der Waals surface area (Å²) in [5, 5.41) is 1.08. The van der Waals surface area contributed by atoms with E-state index < -0.39 is 0 Å². The fourth-order valence-electron chi connectivity index (χ4n) is 3.77. The SMILES string of the molecule is O=c1cc(C=C2C=NCS2)c2ccccc2n1Cc1ccc(-c2ccccc2)cc1.